The Morgan fingerprint density at radius 1 is 1.06 bits per heavy atom. The number of rotatable bonds is 9. The van der Waals surface area contributed by atoms with Gasteiger partial charge >= 0.3 is 0 Å². The van der Waals surface area contributed by atoms with Gasteiger partial charge in [-0.2, -0.15) is 0 Å². The molecular formula is C25H24N4O3. The quantitative estimate of drug-likeness (QED) is 0.293. The molecule has 4 aromatic rings. The van der Waals surface area contributed by atoms with Crippen molar-refractivity contribution in [1.82, 2.24) is 15.3 Å². The minimum atomic E-state index is -0.392. The number of aryl methyl sites for hydroxylation is 1. The molecular weight excluding hydrogens is 404 g/mol. The number of nitro groups is 1. The average molecular weight is 428 g/mol. The lowest BCUT2D eigenvalue weighted by Gasteiger charge is -2.17. The van der Waals surface area contributed by atoms with Crippen LogP contribution in [0.25, 0.3) is 10.9 Å². The fraction of sp³-hybridized carbons (Fsp3) is 0.200. The molecule has 1 amide bonds. The molecule has 1 atom stereocenters. The van der Waals surface area contributed by atoms with E-state index in [4.69, 9.17) is 0 Å². The smallest absolute Gasteiger partial charge is 0.270 e. The van der Waals surface area contributed by atoms with Crippen LogP contribution in [0.15, 0.2) is 79.3 Å². The molecule has 7 heteroatoms. The number of aromatic nitrogens is 2. The van der Waals surface area contributed by atoms with Gasteiger partial charge in [0, 0.05) is 54.6 Å². The maximum atomic E-state index is 12.8. The summed E-state index contributed by atoms with van der Waals surface area (Å²) in [5.41, 5.74) is 3.98. The van der Waals surface area contributed by atoms with Gasteiger partial charge in [-0.3, -0.25) is 19.9 Å². The van der Waals surface area contributed by atoms with Crippen molar-refractivity contribution in [1.29, 1.82) is 0 Å². The highest BCUT2D eigenvalue weighted by Gasteiger charge is 2.21. The molecule has 0 bridgehead atoms. The Hall–Kier alpha value is -4.00. The first-order chi connectivity index (χ1) is 15.6. The predicted octanol–water partition coefficient (Wildman–Crippen LogP) is 4.89. The second-order valence-corrected chi connectivity index (χ2v) is 7.79. The Bertz CT molecular complexity index is 1210. The van der Waals surface area contributed by atoms with Gasteiger partial charge in [-0.05, 0) is 53.6 Å². The van der Waals surface area contributed by atoms with Crippen molar-refractivity contribution in [3.8, 4) is 0 Å². The second-order valence-electron chi connectivity index (χ2n) is 7.79. The molecule has 4 rings (SSSR count). The standard InChI is InChI=1S/C25H24N4O3/c30-25(28-16-19-10-12-26-13-11-19)14-20(7-6-18-4-2-1-3-5-18)23-17-27-24-9-8-21(29(31)32)15-22(23)24/h1-5,8-13,15,17,20,27H,6-7,14,16H2,(H,28,30). The van der Waals surface area contributed by atoms with Crippen molar-refractivity contribution in [2.45, 2.75) is 31.7 Å². The first kappa shape index (κ1) is 21.2. The van der Waals surface area contributed by atoms with Crippen molar-refractivity contribution in [2.24, 2.45) is 0 Å². The van der Waals surface area contributed by atoms with E-state index >= 15 is 0 Å². The molecule has 1 unspecified atom stereocenters. The molecule has 2 heterocycles. The molecule has 0 radical (unpaired) electrons. The highest BCUT2D eigenvalue weighted by molar-refractivity contribution is 5.87. The molecule has 0 aliphatic rings. The predicted molar refractivity (Wildman–Crippen MR) is 123 cm³/mol. The number of aromatic amines is 1. The van der Waals surface area contributed by atoms with Crippen molar-refractivity contribution in [3.63, 3.8) is 0 Å². The number of carbonyl (C=O) groups is 1. The van der Waals surface area contributed by atoms with Crippen LogP contribution in [0.1, 0.15) is 35.4 Å². The van der Waals surface area contributed by atoms with Crippen LogP contribution >= 0.6 is 0 Å². The summed E-state index contributed by atoms with van der Waals surface area (Å²) in [5, 5.41) is 15.1. The number of amides is 1. The largest absolute Gasteiger partial charge is 0.361 e. The van der Waals surface area contributed by atoms with E-state index in [1.54, 1.807) is 24.5 Å². The normalized spacial score (nSPS) is 11.9. The molecule has 2 aromatic carbocycles. The summed E-state index contributed by atoms with van der Waals surface area (Å²) in [6.45, 7) is 0.437. The fourth-order valence-electron chi connectivity index (χ4n) is 3.93. The summed E-state index contributed by atoms with van der Waals surface area (Å²) < 4.78 is 0. The van der Waals surface area contributed by atoms with Crippen LogP contribution in [0.3, 0.4) is 0 Å². The molecule has 0 saturated carbocycles. The first-order valence-electron chi connectivity index (χ1n) is 10.5. The highest BCUT2D eigenvalue weighted by Crippen LogP contribution is 2.33. The number of non-ortho nitro benzene ring substituents is 1. The van der Waals surface area contributed by atoms with Gasteiger partial charge in [0.25, 0.3) is 5.69 Å². The van der Waals surface area contributed by atoms with Gasteiger partial charge < -0.3 is 10.3 Å². The third kappa shape index (κ3) is 5.18. The highest BCUT2D eigenvalue weighted by atomic mass is 16.6. The number of nitro benzene ring substituents is 1. The number of carbonyl (C=O) groups excluding carboxylic acids is 1. The lowest BCUT2D eigenvalue weighted by atomic mass is 9.89. The molecule has 7 nitrogen and oxygen atoms in total. The number of fused-ring (bicyclic) bond motifs is 1. The van der Waals surface area contributed by atoms with E-state index in [2.05, 4.69) is 27.4 Å². The number of benzene rings is 2. The number of nitrogens with one attached hydrogen (secondary N) is 2. The Labute approximate surface area is 185 Å². The fourth-order valence-corrected chi connectivity index (χ4v) is 3.93. The molecule has 0 aliphatic carbocycles. The Balaban J connectivity index is 1.55. The lowest BCUT2D eigenvalue weighted by molar-refractivity contribution is -0.384. The summed E-state index contributed by atoms with van der Waals surface area (Å²) in [5.74, 6) is -0.136. The van der Waals surface area contributed by atoms with Gasteiger partial charge in [0.2, 0.25) is 5.91 Å². The molecule has 2 N–H and O–H groups in total. The van der Waals surface area contributed by atoms with E-state index in [9.17, 15) is 14.9 Å². The van der Waals surface area contributed by atoms with E-state index in [-0.39, 0.29) is 17.5 Å². The van der Waals surface area contributed by atoms with Gasteiger partial charge in [0.05, 0.1) is 4.92 Å². The van der Waals surface area contributed by atoms with Crippen LogP contribution in [0, 0.1) is 10.1 Å². The zero-order chi connectivity index (χ0) is 22.3. The number of H-pyrrole nitrogens is 1. The molecule has 0 spiro atoms. The maximum absolute atomic E-state index is 12.8. The van der Waals surface area contributed by atoms with E-state index in [1.165, 1.54) is 11.6 Å². The number of hydrogen-bond acceptors (Lipinski definition) is 4. The molecule has 0 saturated heterocycles. The SMILES string of the molecule is O=C(CC(CCc1ccccc1)c1c[nH]c2ccc([N+](=O)[O-])cc12)NCc1ccncc1. The van der Waals surface area contributed by atoms with Crippen LogP contribution in [0.5, 0.6) is 0 Å². The van der Waals surface area contributed by atoms with Crippen molar-refractivity contribution in [3.05, 3.63) is 106 Å². The Kier molecular flexibility index (Phi) is 6.55. The molecule has 2 aromatic heterocycles. The minimum Gasteiger partial charge on any atom is -0.361 e. The topological polar surface area (TPSA) is 101 Å². The summed E-state index contributed by atoms with van der Waals surface area (Å²) >= 11 is 0. The van der Waals surface area contributed by atoms with E-state index < -0.39 is 4.92 Å². The monoisotopic (exact) mass is 428 g/mol. The van der Waals surface area contributed by atoms with Crippen LogP contribution in [0.2, 0.25) is 0 Å². The average Bonchev–Trinajstić information content (AvgIpc) is 3.25. The van der Waals surface area contributed by atoms with Crippen molar-refractivity contribution in [2.75, 3.05) is 0 Å². The molecule has 0 aliphatic heterocycles. The van der Waals surface area contributed by atoms with E-state index in [0.717, 1.165) is 34.9 Å². The maximum Gasteiger partial charge on any atom is 0.270 e. The molecule has 0 fully saturated rings. The second kappa shape index (κ2) is 9.87. The van der Waals surface area contributed by atoms with Gasteiger partial charge in [0.15, 0.2) is 0 Å². The van der Waals surface area contributed by atoms with Crippen LogP contribution in [-0.4, -0.2) is 20.8 Å². The minimum absolute atomic E-state index is 0.0438. The third-order valence-corrected chi connectivity index (χ3v) is 5.64. The van der Waals surface area contributed by atoms with Crippen molar-refractivity contribution < 1.29 is 9.72 Å². The lowest BCUT2D eigenvalue weighted by Crippen LogP contribution is -2.24. The van der Waals surface area contributed by atoms with Gasteiger partial charge in [-0.15, -0.1) is 0 Å². The molecule has 162 valence electrons. The summed E-state index contributed by atoms with van der Waals surface area (Å²) in [4.78, 5) is 30.9. The summed E-state index contributed by atoms with van der Waals surface area (Å²) in [7, 11) is 0. The van der Waals surface area contributed by atoms with Crippen LogP contribution in [-0.2, 0) is 17.8 Å². The van der Waals surface area contributed by atoms with Crippen LogP contribution in [0.4, 0.5) is 5.69 Å². The number of nitrogens with zero attached hydrogens (tertiary/aromatic N) is 2. The van der Waals surface area contributed by atoms with Gasteiger partial charge in [-0.25, -0.2) is 0 Å². The molecule has 32 heavy (non-hydrogen) atoms. The Morgan fingerprint density at radius 2 is 1.84 bits per heavy atom. The van der Waals surface area contributed by atoms with Crippen molar-refractivity contribution >= 4 is 22.5 Å². The summed E-state index contributed by atoms with van der Waals surface area (Å²) in [6, 6.07) is 18.6. The van der Waals surface area contributed by atoms with E-state index in [1.807, 2.05) is 36.5 Å². The van der Waals surface area contributed by atoms with Crippen LogP contribution < -0.4 is 5.32 Å². The zero-order valence-corrected chi connectivity index (χ0v) is 17.5. The van der Waals surface area contributed by atoms with Gasteiger partial charge in [-0.1, -0.05) is 30.3 Å². The number of hydrogen-bond donors (Lipinski definition) is 2. The van der Waals surface area contributed by atoms with E-state index in [0.29, 0.717) is 13.0 Å². The zero-order valence-electron chi connectivity index (χ0n) is 17.5. The van der Waals surface area contributed by atoms with Gasteiger partial charge in [0.1, 0.15) is 0 Å². The number of pyridine rings is 1. The third-order valence-electron chi connectivity index (χ3n) is 5.64. The first-order valence-corrected chi connectivity index (χ1v) is 10.5. The summed E-state index contributed by atoms with van der Waals surface area (Å²) in [6.07, 6.45) is 7.13. The Morgan fingerprint density at radius 3 is 2.59 bits per heavy atom.